The van der Waals surface area contributed by atoms with Gasteiger partial charge in [-0.15, -0.1) is 13.2 Å². The van der Waals surface area contributed by atoms with Gasteiger partial charge in [-0.25, -0.2) is 8.42 Å². The van der Waals surface area contributed by atoms with E-state index in [1.807, 2.05) is 0 Å². The number of nitro groups is 1. The van der Waals surface area contributed by atoms with Crippen LogP contribution < -0.4 is 4.74 Å². The predicted molar refractivity (Wildman–Crippen MR) is 111 cm³/mol. The molecule has 0 bridgehead atoms. The van der Waals surface area contributed by atoms with E-state index in [1.54, 1.807) is 0 Å². The second kappa shape index (κ2) is 9.58. The smallest absolute Gasteiger partial charge is 0.406 e. The molecule has 1 aliphatic rings. The third kappa shape index (κ3) is 6.29. The molecule has 1 fully saturated rings. The van der Waals surface area contributed by atoms with Crippen LogP contribution in [0.25, 0.3) is 6.08 Å². The summed E-state index contributed by atoms with van der Waals surface area (Å²) in [5, 5.41) is 10.9. The molecule has 1 heterocycles. The third-order valence-electron chi connectivity index (χ3n) is 4.75. The van der Waals surface area contributed by atoms with Crippen molar-refractivity contribution in [3.8, 4) is 5.75 Å². The molecule has 0 aromatic heterocycles. The number of hydrogen-bond acceptors (Lipinski definition) is 6. The van der Waals surface area contributed by atoms with Crippen LogP contribution in [0.2, 0.25) is 0 Å². The van der Waals surface area contributed by atoms with Crippen LogP contribution in [0.3, 0.4) is 0 Å². The van der Waals surface area contributed by atoms with E-state index in [4.69, 9.17) is 0 Å². The maximum atomic E-state index is 12.8. The minimum Gasteiger partial charge on any atom is -0.406 e. The van der Waals surface area contributed by atoms with Crippen LogP contribution in [0, 0.1) is 10.1 Å². The van der Waals surface area contributed by atoms with E-state index in [1.165, 1.54) is 47.4 Å². The highest BCUT2D eigenvalue weighted by Crippen LogP contribution is 2.24. The molecule has 9 nitrogen and oxygen atoms in total. The Labute approximate surface area is 186 Å². The largest absolute Gasteiger partial charge is 0.573 e. The molecule has 0 atom stereocenters. The van der Waals surface area contributed by atoms with Crippen molar-refractivity contribution in [2.24, 2.45) is 0 Å². The number of non-ortho nitro benzene ring substituents is 1. The zero-order chi connectivity index (χ0) is 24.2. The minimum atomic E-state index is -4.79. The van der Waals surface area contributed by atoms with Crippen molar-refractivity contribution in [3.05, 3.63) is 70.3 Å². The molecule has 0 unspecified atom stereocenters. The maximum absolute atomic E-state index is 12.8. The summed E-state index contributed by atoms with van der Waals surface area (Å²) in [4.78, 5) is 23.8. The Morgan fingerprint density at radius 2 is 1.70 bits per heavy atom. The first-order chi connectivity index (χ1) is 15.5. The topological polar surface area (TPSA) is 110 Å². The molecule has 0 spiro atoms. The molecule has 0 saturated carbocycles. The summed E-state index contributed by atoms with van der Waals surface area (Å²) in [7, 11) is -3.96. The highest BCUT2D eigenvalue weighted by Gasteiger charge is 2.31. The first-order valence-corrected chi connectivity index (χ1v) is 11.0. The number of nitro benzene ring substituents is 1. The molecule has 1 aliphatic heterocycles. The standard InChI is InChI=1S/C20H18F3N3O6S/c21-20(22,23)32-17-7-4-15(5-8-17)6-9-19(27)24-10-12-25(13-11-24)33(30,31)18-3-1-2-16(14-18)26(28)29/h1-9,14H,10-13H2/b9-6+. The van der Waals surface area contributed by atoms with Crippen LogP contribution in [0.5, 0.6) is 5.75 Å². The third-order valence-corrected chi connectivity index (χ3v) is 6.64. The number of sulfonamides is 1. The molecule has 176 valence electrons. The molecular formula is C20H18F3N3O6S. The number of carbonyl (C=O) groups excluding carboxylic acids is 1. The van der Waals surface area contributed by atoms with Gasteiger partial charge in [-0.3, -0.25) is 14.9 Å². The van der Waals surface area contributed by atoms with Gasteiger partial charge in [0.25, 0.3) is 5.69 Å². The van der Waals surface area contributed by atoms with Crippen LogP contribution in [-0.2, 0) is 14.8 Å². The fourth-order valence-electron chi connectivity index (χ4n) is 3.11. The number of alkyl halides is 3. The second-order valence-corrected chi connectivity index (χ2v) is 8.87. The van der Waals surface area contributed by atoms with Crippen LogP contribution in [0.4, 0.5) is 18.9 Å². The zero-order valence-electron chi connectivity index (χ0n) is 16.9. The Kier molecular flexibility index (Phi) is 7.03. The lowest BCUT2D eigenvalue weighted by Crippen LogP contribution is -2.50. The minimum absolute atomic E-state index is 0.00802. The van der Waals surface area contributed by atoms with E-state index in [0.29, 0.717) is 5.56 Å². The van der Waals surface area contributed by atoms with Crippen molar-refractivity contribution in [2.45, 2.75) is 11.3 Å². The Morgan fingerprint density at radius 3 is 2.27 bits per heavy atom. The summed E-state index contributed by atoms with van der Waals surface area (Å²) in [6.45, 7) is 0.230. The summed E-state index contributed by atoms with van der Waals surface area (Å²) in [6, 6.07) is 9.69. The number of carbonyl (C=O) groups is 1. The molecule has 0 aliphatic carbocycles. The van der Waals surface area contributed by atoms with E-state index in [2.05, 4.69) is 4.74 Å². The van der Waals surface area contributed by atoms with E-state index >= 15 is 0 Å². The molecule has 2 aromatic carbocycles. The molecule has 3 rings (SSSR count). The summed E-state index contributed by atoms with van der Waals surface area (Å²) in [5.41, 5.74) is 0.137. The zero-order valence-corrected chi connectivity index (χ0v) is 17.8. The molecule has 2 aromatic rings. The van der Waals surface area contributed by atoms with E-state index in [0.717, 1.165) is 22.5 Å². The quantitative estimate of drug-likeness (QED) is 0.353. The van der Waals surface area contributed by atoms with Crippen molar-refractivity contribution in [3.63, 3.8) is 0 Å². The van der Waals surface area contributed by atoms with Gasteiger partial charge < -0.3 is 9.64 Å². The lowest BCUT2D eigenvalue weighted by Gasteiger charge is -2.33. The van der Waals surface area contributed by atoms with Gasteiger partial charge >= 0.3 is 6.36 Å². The molecule has 13 heteroatoms. The normalized spacial score (nSPS) is 15.5. The summed E-state index contributed by atoms with van der Waals surface area (Å²) < 4.78 is 67.1. The van der Waals surface area contributed by atoms with Gasteiger partial charge in [-0.05, 0) is 29.8 Å². The second-order valence-electron chi connectivity index (χ2n) is 6.93. The average molecular weight is 485 g/mol. The van der Waals surface area contributed by atoms with Gasteiger partial charge in [0.1, 0.15) is 5.75 Å². The number of ether oxygens (including phenoxy) is 1. The van der Waals surface area contributed by atoms with Gasteiger partial charge in [0, 0.05) is 44.4 Å². The Balaban J connectivity index is 1.58. The van der Waals surface area contributed by atoms with Gasteiger partial charge in [-0.1, -0.05) is 18.2 Å². The fourth-order valence-corrected chi connectivity index (χ4v) is 4.57. The predicted octanol–water partition coefficient (Wildman–Crippen LogP) is 3.04. The van der Waals surface area contributed by atoms with Gasteiger partial charge in [-0.2, -0.15) is 4.31 Å². The van der Waals surface area contributed by atoms with Crippen LogP contribution in [0.15, 0.2) is 59.5 Å². The Morgan fingerprint density at radius 1 is 1.06 bits per heavy atom. The summed E-state index contributed by atoms with van der Waals surface area (Å²) in [5.74, 6) is -0.773. The van der Waals surface area contributed by atoms with Gasteiger partial charge in [0.15, 0.2) is 0 Å². The molecule has 33 heavy (non-hydrogen) atoms. The van der Waals surface area contributed by atoms with Crippen molar-refractivity contribution in [1.29, 1.82) is 0 Å². The number of amides is 1. The highest BCUT2D eigenvalue weighted by molar-refractivity contribution is 7.89. The molecule has 1 saturated heterocycles. The van der Waals surface area contributed by atoms with Crippen LogP contribution in [0.1, 0.15) is 5.56 Å². The Hall–Kier alpha value is -3.45. The monoisotopic (exact) mass is 485 g/mol. The number of piperazine rings is 1. The van der Waals surface area contributed by atoms with E-state index < -0.39 is 27.2 Å². The molecule has 0 N–H and O–H groups in total. The van der Waals surface area contributed by atoms with Gasteiger partial charge in [0.2, 0.25) is 15.9 Å². The van der Waals surface area contributed by atoms with Crippen molar-refractivity contribution in [1.82, 2.24) is 9.21 Å². The van der Waals surface area contributed by atoms with E-state index in [9.17, 15) is 36.5 Å². The average Bonchev–Trinajstić information content (AvgIpc) is 2.77. The fraction of sp³-hybridized carbons (Fsp3) is 0.250. The lowest BCUT2D eigenvalue weighted by atomic mass is 10.2. The molecule has 0 radical (unpaired) electrons. The summed E-state index contributed by atoms with van der Waals surface area (Å²) >= 11 is 0. The first kappa shape index (κ1) is 24.2. The molecular weight excluding hydrogens is 467 g/mol. The number of rotatable bonds is 6. The maximum Gasteiger partial charge on any atom is 0.573 e. The van der Waals surface area contributed by atoms with Crippen molar-refractivity contribution < 1.29 is 36.0 Å². The van der Waals surface area contributed by atoms with E-state index in [-0.39, 0.29) is 42.5 Å². The molecule has 1 amide bonds. The number of benzene rings is 2. The van der Waals surface area contributed by atoms with Gasteiger partial charge in [0.05, 0.1) is 9.82 Å². The summed E-state index contributed by atoms with van der Waals surface area (Å²) in [6.07, 6.45) is -2.13. The number of hydrogen-bond donors (Lipinski definition) is 0. The van der Waals surface area contributed by atoms with Crippen molar-refractivity contribution >= 4 is 27.7 Å². The Bertz CT molecular complexity index is 1160. The highest BCUT2D eigenvalue weighted by atomic mass is 32.2. The van der Waals surface area contributed by atoms with Crippen molar-refractivity contribution in [2.75, 3.05) is 26.2 Å². The number of halogens is 3. The van der Waals surface area contributed by atoms with Crippen LogP contribution >= 0.6 is 0 Å². The first-order valence-electron chi connectivity index (χ1n) is 9.53. The van der Waals surface area contributed by atoms with Crippen LogP contribution in [-0.4, -0.2) is 61.0 Å². The SMILES string of the molecule is O=C(/C=C/c1ccc(OC(F)(F)F)cc1)N1CCN(S(=O)(=O)c2cccc([N+](=O)[O-])c2)CC1. The lowest BCUT2D eigenvalue weighted by molar-refractivity contribution is -0.385. The number of nitrogens with zero attached hydrogens (tertiary/aromatic N) is 3.